The Kier molecular flexibility index (Phi) is 5.30. The number of anilines is 1. The van der Waals surface area contributed by atoms with Gasteiger partial charge in [-0.3, -0.25) is 10.1 Å². The molecule has 2 rings (SSSR count). The fourth-order valence-electron chi connectivity index (χ4n) is 1.55. The van der Waals surface area contributed by atoms with Crippen LogP contribution in [-0.4, -0.2) is 11.0 Å². The lowest BCUT2D eigenvalue weighted by Gasteiger charge is -2.07. The predicted octanol–water partition coefficient (Wildman–Crippen LogP) is 3.88. The highest BCUT2D eigenvalue weighted by molar-refractivity contribution is 9.10. The van der Waals surface area contributed by atoms with E-state index < -0.39 is 0 Å². The fourth-order valence-corrected chi connectivity index (χ4v) is 2.03. The number of hydrogen-bond donors (Lipinski definition) is 2. The molecule has 0 saturated heterocycles. The van der Waals surface area contributed by atoms with Crippen LogP contribution in [-0.2, 0) is 4.79 Å². The van der Waals surface area contributed by atoms with Crippen LogP contribution < -0.4 is 10.6 Å². The molecule has 1 heterocycles. The lowest BCUT2D eigenvalue weighted by atomic mass is 10.3. The number of amides is 1. The van der Waals surface area contributed by atoms with Crippen molar-refractivity contribution >= 4 is 50.9 Å². The average molecular weight is 365 g/mol. The molecule has 0 unspecified atom stereocenters. The van der Waals surface area contributed by atoms with Gasteiger partial charge in [-0.1, -0.05) is 15.9 Å². The molecule has 0 fully saturated rings. The van der Waals surface area contributed by atoms with E-state index in [1.165, 1.54) is 6.08 Å². The first-order chi connectivity index (χ1) is 10.0. The zero-order valence-electron chi connectivity index (χ0n) is 11.2. The molecule has 1 aromatic carbocycles. The summed E-state index contributed by atoms with van der Waals surface area (Å²) in [6.45, 7) is 1.84. The molecule has 4 nitrogen and oxygen atoms in total. The Morgan fingerprint density at radius 3 is 2.57 bits per heavy atom. The summed E-state index contributed by atoms with van der Waals surface area (Å²) in [6.07, 6.45) is 2.96. The SMILES string of the molecule is Cc1ccc(/C=C/C(=O)NC(=S)Nc2ccc(Br)cc2)o1. The summed E-state index contributed by atoms with van der Waals surface area (Å²) in [6, 6.07) is 11.1. The number of benzene rings is 1. The molecule has 0 bridgehead atoms. The van der Waals surface area contributed by atoms with Crippen molar-refractivity contribution < 1.29 is 9.21 Å². The van der Waals surface area contributed by atoms with Crippen LogP contribution in [0.25, 0.3) is 6.08 Å². The van der Waals surface area contributed by atoms with Crippen molar-refractivity contribution in [1.82, 2.24) is 5.32 Å². The molecule has 0 spiro atoms. The summed E-state index contributed by atoms with van der Waals surface area (Å²) in [4.78, 5) is 11.7. The van der Waals surface area contributed by atoms with Crippen molar-refractivity contribution in [3.8, 4) is 0 Å². The van der Waals surface area contributed by atoms with Crippen LogP contribution in [0, 0.1) is 6.92 Å². The van der Waals surface area contributed by atoms with E-state index in [2.05, 4.69) is 26.6 Å². The molecular formula is C15H13BrN2O2S. The lowest BCUT2D eigenvalue weighted by molar-refractivity contribution is -0.115. The number of rotatable bonds is 3. The minimum Gasteiger partial charge on any atom is -0.462 e. The second-order valence-corrected chi connectivity index (χ2v) is 5.56. The maximum absolute atomic E-state index is 11.7. The van der Waals surface area contributed by atoms with Crippen molar-refractivity contribution in [2.75, 3.05) is 5.32 Å². The summed E-state index contributed by atoms with van der Waals surface area (Å²) < 4.78 is 6.30. The molecule has 108 valence electrons. The molecular weight excluding hydrogens is 352 g/mol. The molecule has 2 N–H and O–H groups in total. The van der Waals surface area contributed by atoms with Gasteiger partial charge in [-0.25, -0.2) is 0 Å². The Labute approximate surface area is 136 Å². The first-order valence-electron chi connectivity index (χ1n) is 6.15. The number of aryl methyl sites for hydroxylation is 1. The molecule has 0 radical (unpaired) electrons. The molecule has 21 heavy (non-hydrogen) atoms. The monoisotopic (exact) mass is 364 g/mol. The molecule has 0 aliphatic carbocycles. The second kappa shape index (κ2) is 7.19. The molecule has 1 amide bonds. The molecule has 0 atom stereocenters. The quantitative estimate of drug-likeness (QED) is 0.640. The van der Waals surface area contributed by atoms with E-state index in [9.17, 15) is 4.79 Å². The highest BCUT2D eigenvalue weighted by Crippen LogP contribution is 2.13. The van der Waals surface area contributed by atoms with E-state index in [1.807, 2.05) is 37.3 Å². The van der Waals surface area contributed by atoms with Gasteiger partial charge in [-0.15, -0.1) is 0 Å². The summed E-state index contributed by atoms with van der Waals surface area (Å²) in [5.74, 6) is 1.09. The van der Waals surface area contributed by atoms with Crippen molar-refractivity contribution in [2.24, 2.45) is 0 Å². The maximum Gasteiger partial charge on any atom is 0.250 e. The summed E-state index contributed by atoms with van der Waals surface area (Å²) in [7, 11) is 0. The minimum absolute atomic E-state index is 0.239. The van der Waals surface area contributed by atoms with E-state index in [1.54, 1.807) is 12.1 Å². The molecule has 0 aliphatic heterocycles. The third-order valence-corrected chi connectivity index (χ3v) is 3.23. The van der Waals surface area contributed by atoms with Crippen molar-refractivity contribution in [2.45, 2.75) is 6.92 Å². The van der Waals surface area contributed by atoms with E-state index >= 15 is 0 Å². The van der Waals surface area contributed by atoms with Gasteiger partial charge in [0.1, 0.15) is 11.5 Å². The van der Waals surface area contributed by atoms with Crippen molar-refractivity contribution in [3.05, 3.63) is 58.5 Å². The number of carbonyl (C=O) groups excluding carboxylic acids is 1. The number of nitrogens with one attached hydrogen (secondary N) is 2. The summed E-state index contributed by atoms with van der Waals surface area (Å²) in [5, 5.41) is 5.72. The second-order valence-electron chi connectivity index (χ2n) is 4.23. The standard InChI is InChI=1S/C15H13BrN2O2S/c1-10-2-7-13(20-10)8-9-14(19)18-15(21)17-12-5-3-11(16)4-6-12/h2-9H,1H3,(H2,17,18,19,21)/b9-8+. The average Bonchev–Trinajstić information content (AvgIpc) is 2.85. The van der Waals surface area contributed by atoms with E-state index in [4.69, 9.17) is 16.6 Å². The first kappa shape index (κ1) is 15.5. The van der Waals surface area contributed by atoms with Gasteiger partial charge in [0.25, 0.3) is 0 Å². The van der Waals surface area contributed by atoms with E-state index in [-0.39, 0.29) is 11.0 Å². The van der Waals surface area contributed by atoms with Gasteiger partial charge in [-0.2, -0.15) is 0 Å². The molecule has 6 heteroatoms. The number of halogens is 1. The van der Waals surface area contributed by atoms with Gasteiger partial charge in [-0.05, 0) is 61.6 Å². The lowest BCUT2D eigenvalue weighted by Crippen LogP contribution is -2.32. The van der Waals surface area contributed by atoms with Crippen LogP contribution in [0.3, 0.4) is 0 Å². The molecule has 2 aromatic rings. The van der Waals surface area contributed by atoms with Gasteiger partial charge in [0.2, 0.25) is 5.91 Å². The van der Waals surface area contributed by atoms with Crippen LogP contribution in [0.2, 0.25) is 0 Å². The Balaban J connectivity index is 1.86. The first-order valence-corrected chi connectivity index (χ1v) is 7.35. The summed E-state index contributed by atoms with van der Waals surface area (Å²) >= 11 is 8.42. The molecule has 0 saturated carbocycles. The topological polar surface area (TPSA) is 54.3 Å². The Bertz CT molecular complexity index is 677. The van der Waals surface area contributed by atoms with E-state index in [0.717, 1.165) is 15.9 Å². The minimum atomic E-state index is -0.321. The maximum atomic E-state index is 11.7. The van der Waals surface area contributed by atoms with Crippen LogP contribution >= 0.6 is 28.1 Å². The van der Waals surface area contributed by atoms with Gasteiger partial charge in [0, 0.05) is 16.2 Å². The highest BCUT2D eigenvalue weighted by atomic mass is 79.9. The Hall–Kier alpha value is -1.92. The van der Waals surface area contributed by atoms with Crippen LogP contribution in [0.1, 0.15) is 11.5 Å². The molecule has 1 aromatic heterocycles. The predicted molar refractivity (Wildman–Crippen MR) is 91.0 cm³/mol. The summed E-state index contributed by atoms with van der Waals surface area (Å²) in [5.41, 5.74) is 0.800. The zero-order chi connectivity index (χ0) is 15.2. The normalized spacial score (nSPS) is 10.6. The number of hydrogen-bond acceptors (Lipinski definition) is 3. The van der Waals surface area contributed by atoms with Crippen molar-refractivity contribution in [1.29, 1.82) is 0 Å². The van der Waals surface area contributed by atoms with Crippen LogP contribution in [0.5, 0.6) is 0 Å². The third kappa shape index (κ3) is 5.17. The Morgan fingerprint density at radius 2 is 1.95 bits per heavy atom. The zero-order valence-corrected chi connectivity index (χ0v) is 13.6. The van der Waals surface area contributed by atoms with Gasteiger partial charge in [0.05, 0.1) is 0 Å². The molecule has 0 aliphatic rings. The van der Waals surface area contributed by atoms with Gasteiger partial charge in [0.15, 0.2) is 5.11 Å². The van der Waals surface area contributed by atoms with Gasteiger partial charge >= 0.3 is 0 Å². The Morgan fingerprint density at radius 1 is 1.24 bits per heavy atom. The highest BCUT2D eigenvalue weighted by Gasteiger charge is 2.02. The van der Waals surface area contributed by atoms with Crippen molar-refractivity contribution in [3.63, 3.8) is 0 Å². The van der Waals surface area contributed by atoms with Gasteiger partial charge < -0.3 is 9.73 Å². The van der Waals surface area contributed by atoms with Crippen LogP contribution in [0.15, 0.2) is 51.4 Å². The third-order valence-electron chi connectivity index (χ3n) is 2.50. The fraction of sp³-hybridized carbons (Fsp3) is 0.0667. The number of thiocarbonyl (C=S) groups is 1. The van der Waals surface area contributed by atoms with Crippen LogP contribution in [0.4, 0.5) is 5.69 Å². The number of furan rings is 1. The smallest absolute Gasteiger partial charge is 0.250 e. The van der Waals surface area contributed by atoms with E-state index in [0.29, 0.717) is 5.76 Å². The largest absolute Gasteiger partial charge is 0.462 e. The number of carbonyl (C=O) groups is 1.